The van der Waals surface area contributed by atoms with Crippen molar-refractivity contribution in [2.24, 2.45) is 0 Å². The van der Waals surface area contributed by atoms with E-state index in [0.29, 0.717) is 17.7 Å². The third-order valence-corrected chi connectivity index (χ3v) is 6.70. The Balaban J connectivity index is 1.74. The number of nitrogens with zero attached hydrogens (tertiary/aromatic N) is 1. The second-order valence-electron chi connectivity index (χ2n) is 8.17. The minimum absolute atomic E-state index is 0.0903. The predicted octanol–water partition coefficient (Wildman–Crippen LogP) is 4.97. The Morgan fingerprint density at radius 2 is 1.90 bits per heavy atom. The second kappa shape index (κ2) is 7.66. The topological polar surface area (TPSA) is 44.4 Å². The molecule has 2 aliphatic rings. The van der Waals surface area contributed by atoms with E-state index in [9.17, 15) is 4.79 Å². The van der Waals surface area contributed by atoms with E-state index in [1.54, 1.807) is 6.07 Å². The van der Waals surface area contributed by atoms with E-state index in [0.717, 1.165) is 36.4 Å². The number of anilines is 2. The minimum atomic E-state index is -0.449. The van der Waals surface area contributed by atoms with Gasteiger partial charge in [0.15, 0.2) is 0 Å². The Labute approximate surface area is 186 Å². The Morgan fingerprint density at radius 3 is 2.68 bits per heavy atom. The molecule has 0 aliphatic carbocycles. The number of nitrogens with one attached hydrogen (secondary N) is 2. The first-order chi connectivity index (χ1) is 15.0. The van der Waals surface area contributed by atoms with Crippen molar-refractivity contribution < 1.29 is 9.18 Å². The molecule has 0 radical (unpaired) electrons. The number of benzene rings is 3. The Kier molecular flexibility index (Phi) is 4.95. The zero-order valence-corrected chi connectivity index (χ0v) is 18.0. The van der Waals surface area contributed by atoms with Crippen molar-refractivity contribution in [1.82, 2.24) is 5.32 Å². The SMILES string of the molecule is CC(=O)Nc1ccccc1-c1c(Cl)c(F)cc2c1C[C@]1(c3ccccc3)CNCCN21. The summed E-state index contributed by atoms with van der Waals surface area (Å²) in [5.74, 6) is -0.630. The van der Waals surface area contributed by atoms with Gasteiger partial charge in [0.25, 0.3) is 0 Å². The largest absolute Gasteiger partial charge is 0.359 e. The summed E-state index contributed by atoms with van der Waals surface area (Å²) in [6.07, 6.45) is 0.698. The second-order valence-corrected chi connectivity index (χ2v) is 8.55. The maximum Gasteiger partial charge on any atom is 0.221 e. The molecule has 3 aromatic rings. The molecule has 0 aromatic heterocycles. The van der Waals surface area contributed by atoms with Crippen molar-refractivity contribution in [3.63, 3.8) is 0 Å². The first kappa shape index (κ1) is 20.0. The van der Waals surface area contributed by atoms with E-state index in [2.05, 4.69) is 27.7 Å². The standard InChI is InChI=1S/C25H23ClFN3O/c1-16(31)29-21-10-6-5-9-18(21)23-19-14-25(17-7-3-2-4-8-17)15-28-11-12-30(25)22(19)13-20(27)24(23)26/h2-10,13,28H,11-12,14-15H2,1H3,(H,29,31)/t25-/m1/s1. The lowest BCUT2D eigenvalue weighted by molar-refractivity contribution is -0.114. The van der Waals surface area contributed by atoms with E-state index in [1.165, 1.54) is 12.5 Å². The molecule has 5 rings (SSSR count). The lowest BCUT2D eigenvalue weighted by Gasteiger charge is -2.45. The lowest BCUT2D eigenvalue weighted by atomic mass is 9.83. The number of piperazine rings is 1. The zero-order chi connectivity index (χ0) is 21.6. The highest BCUT2D eigenvalue weighted by Crippen LogP contribution is 2.52. The van der Waals surface area contributed by atoms with E-state index in [4.69, 9.17) is 11.6 Å². The predicted molar refractivity (Wildman–Crippen MR) is 123 cm³/mol. The van der Waals surface area contributed by atoms with Gasteiger partial charge in [-0.2, -0.15) is 0 Å². The van der Waals surface area contributed by atoms with Crippen LogP contribution in [0.2, 0.25) is 5.02 Å². The number of hydrogen-bond acceptors (Lipinski definition) is 3. The summed E-state index contributed by atoms with van der Waals surface area (Å²) in [5.41, 5.74) is 4.78. The van der Waals surface area contributed by atoms with Crippen molar-refractivity contribution in [2.45, 2.75) is 18.9 Å². The number of fused-ring (bicyclic) bond motifs is 3. The molecule has 2 heterocycles. The monoisotopic (exact) mass is 435 g/mol. The van der Waals surface area contributed by atoms with Gasteiger partial charge in [-0.15, -0.1) is 0 Å². The smallest absolute Gasteiger partial charge is 0.221 e. The van der Waals surface area contributed by atoms with Gasteiger partial charge in [0, 0.05) is 55.5 Å². The highest BCUT2D eigenvalue weighted by Gasteiger charge is 2.48. The van der Waals surface area contributed by atoms with Gasteiger partial charge in [0.2, 0.25) is 5.91 Å². The fourth-order valence-corrected chi connectivity index (χ4v) is 5.33. The van der Waals surface area contributed by atoms with Gasteiger partial charge in [-0.05, 0) is 23.3 Å². The molecular formula is C25H23ClFN3O. The third kappa shape index (κ3) is 3.20. The molecule has 1 atom stereocenters. The summed E-state index contributed by atoms with van der Waals surface area (Å²) in [7, 11) is 0. The number of carbonyl (C=O) groups is 1. The van der Waals surface area contributed by atoms with E-state index >= 15 is 4.39 Å². The Bertz CT molecular complexity index is 1170. The van der Waals surface area contributed by atoms with Gasteiger partial charge in [0.1, 0.15) is 5.82 Å². The number of para-hydroxylation sites is 1. The number of carbonyl (C=O) groups excluding carboxylic acids is 1. The first-order valence-corrected chi connectivity index (χ1v) is 10.8. The molecule has 2 N–H and O–H groups in total. The van der Waals surface area contributed by atoms with Gasteiger partial charge in [-0.1, -0.05) is 60.1 Å². The van der Waals surface area contributed by atoms with Crippen LogP contribution in [-0.4, -0.2) is 25.5 Å². The van der Waals surface area contributed by atoms with Crippen LogP contribution in [0.25, 0.3) is 11.1 Å². The first-order valence-electron chi connectivity index (χ1n) is 10.4. The Hall–Kier alpha value is -2.89. The fraction of sp³-hybridized carbons (Fsp3) is 0.240. The Morgan fingerprint density at radius 1 is 1.16 bits per heavy atom. The number of hydrogen-bond donors (Lipinski definition) is 2. The summed E-state index contributed by atoms with van der Waals surface area (Å²) >= 11 is 6.59. The van der Waals surface area contributed by atoms with Gasteiger partial charge < -0.3 is 15.5 Å². The molecular weight excluding hydrogens is 413 g/mol. The lowest BCUT2D eigenvalue weighted by Crippen LogP contribution is -2.57. The minimum Gasteiger partial charge on any atom is -0.359 e. The van der Waals surface area contributed by atoms with Gasteiger partial charge in [-0.3, -0.25) is 4.79 Å². The molecule has 1 amide bonds. The van der Waals surface area contributed by atoms with Crippen LogP contribution in [0.4, 0.5) is 15.8 Å². The van der Waals surface area contributed by atoms with Crippen LogP contribution in [0.5, 0.6) is 0 Å². The zero-order valence-electron chi connectivity index (χ0n) is 17.2. The molecule has 0 unspecified atom stereocenters. The maximum absolute atomic E-state index is 15.1. The summed E-state index contributed by atoms with van der Waals surface area (Å²) in [6, 6.07) is 19.4. The summed E-state index contributed by atoms with van der Waals surface area (Å²) < 4.78 is 15.1. The molecule has 4 nitrogen and oxygen atoms in total. The molecule has 3 aromatic carbocycles. The van der Waals surface area contributed by atoms with Crippen LogP contribution in [-0.2, 0) is 16.8 Å². The van der Waals surface area contributed by atoms with Crippen molar-refractivity contribution in [3.05, 3.63) is 82.6 Å². The van der Waals surface area contributed by atoms with Crippen molar-refractivity contribution >= 4 is 28.9 Å². The average Bonchev–Trinajstić information content (AvgIpc) is 3.11. The van der Waals surface area contributed by atoms with Crippen molar-refractivity contribution in [1.29, 1.82) is 0 Å². The molecule has 2 aliphatic heterocycles. The molecule has 0 saturated carbocycles. The van der Waals surface area contributed by atoms with E-state index < -0.39 is 5.82 Å². The molecule has 0 spiro atoms. The quantitative estimate of drug-likeness (QED) is 0.610. The summed E-state index contributed by atoms with van der Waals surface area (Å²) in [5, 5.41) is 6.49. The van der Waals surface area contributed by atoms with E-state index in [1.807, 2.05) is 42.5 Å². The van der Waals surface area contributed by atoms with Crippen molar-refractivity contribution in [3.8, 4) is 11.1 Å². The highest BCUT2D eigenvalue weighted by atomic mass is 35.5. The van der Waals surface area contributed by atoms with Crippen molar-refractivity contribution in [2.75, 3.05) is 29.9 Å². The molecule has 1 fully saturated rings. The molecule has 0 bridgehead atoms. The van der Waals surface area contributed by atoms with Gasteiger partial charge in [-0.25, -0.2) is 4.39 Å². The number of rotatable bonds is 3. The average molecular weight is 436 g/mol. The summed E-state index contributed by atoms with van der Waals surface area (Å²) in [6.45, 7) is 3.83. The van der Waals surface area contributed by atoms with Gasteiger partial charge >= 0.3 is 0 Å². The normalized spacial score (nSPS) is 19.6. The molecule has 1 saturated heterocycles. The number of amides is 1. The summed E-state index contributed by atoms with van der Waals surface area (Å²) in [4.78, 5) is 14.1. The molecule has 31 heavy (non-hydrogen) atoms. The van der Waals surface area contributed by atoms with Gasteiger partial charge in [0.05, 0.1) is 10.6 Å². The van der Waals surface area contributed by atoms with Crippen LogP contribution in [0.1, 0.15) is 18.1 Å². The van der Waals surface area contributed by atoms with Crippen LogP contribution < -0.4 is 15.5 Å². The van der Waals surface area contributed by atoms with Crippen LogP contribution in [0, 0.1) is 5.82 Å². The highest BCUT2D eigenvalue weighted by molar-refractivity contribution is 6.34. The third-order valence-electron chi connectivity index (χ3n) is 6.33. The maximum atomic E-state index is 15.1. The van der Waals surface area contributed by atoms with Crippen LogP contribution in [0.3, 0.4) is 0 Å². The van der Waals surface area contributed by atoms with Crippen LogP contribution >= 0.6 is 11.6 Å². The molecule has 6 heteroatoms. The van der Waals surface area contributed by atoms with Crippen LogP contribution in [0.15, 0.2) is 60.7 Å². The number of halogens is 2. The molecule has 158 valence electrons. The van der Waals surface area contributed by atoms with E-state index in [-0.39, 0.29) is 16.5 Å². The fourth-order valence-electron chi connectivity index (χ4n) is 5.06.